The number of ether oxygens (including phenoxy) is 2. The molecular formula is C21H21N3O3. The number of para-hydroxylation sites is 3. The monoisotopic (exact) mass is 363 g/mol. The fourth-order valence-electron chi connectivity index (χ4n) is 3.20. The molecule has 0 aliphatic carbocycles. The van der Waals surface area contributed by atoms with Gasteiger partial charge in [0, 0.05) is 7.05 Å². The first-order valence-electron chi connectivity index (χ1n) is 8.87. The Bertz CT molecular complexity index is 952. The average Bonchev–Trinajstić information content (AvgIpc) is 3.09. The Morgan fingerprint density at radius 2 is 1.85 bits per heavy atom. The van der Waals surface area contributed by atoms with Crippen molar-refractivity contribution in [1.29, 1.82) is 0 Å². The summed E-state index contributed by atoms with van der Waals surface area (Å²) in [5, 5.41) is 4.38. The summed E-state index contributed by atoms with van der Waals surface area (Å²) in [6, 6.07) is 17.3. The molecule has 1 aliphatic rings. The molecule has 0 saturated heterocycles. The number of hydrogen-bond acceptors (Lipinski definition) is 4. The van der Waals surface area contributed by atoms with Crippen LogP contribution >= 0.6 is 0 Å². The molecule has 1 amide bonds. The number of fused-ring (bicyclic) bond motifs is 1. The predicted molar refractivity (Wildman–Crippen MR) is 102 cm³/mol. The van der Waals surface area contributed by atoms with Crippen LogP contribution in [0.25, 0.3) is 5.69 Å². The van der Waals surface area contributed by atoms with Crippen LogP contribution in [0.5, 0.6) is 11.5 Å². The zero-order chi connectivity index (χ0) is 18.8. The van der Waals surface area contributed by atoms with Crippen LogP contribution in [0.1, 0.15) is 16.1 Å². The van der Waals surface area contributed by atoms with Gasteiger partial charge < -0.3 is 14.4 Å². The van der Waals surface area contributed by atoms with E-state index in [0.29, 0.717) is 24.5 Å². The first-order valence-corrected chi connectivity index (χ1v) is 8.87. The molecule has 0 fully saturated rings. The topological polar surface area (TPSA) is 56.6 Å². The predicted octanol–water partition coefficient (Wildman–Crippen LogP) is 3.09. The van der Waals surface area contributed by atoms with Gasteiger partial charge >= 0.3 is 0 Å². The van der Waals surface area contributed by atoms with Crippen LogP contribution in [0.15, 0.2) is 60.8 Å². The van der Waals surface area contributed by atoms with E-state index < -0.39 is 0 Å². The molecule has 0 saturated carbocycles. The summed E-state index contributed by atoms with van der Waals surface area (Å²) >= 11 is 0. The van der Waals surface area contributed by atoms with Crippen molar-refractivity contribution in [3.05, 3.63) is 72.1 Å². The molecule has 0 bridgehead atoms. The van der Waals surface area contributed by atoms with E-state index in [4.69, 9.17) is 9.47 Å². The van der Waals surface area contributed by atoms with E-state index in [9.17, 15) is 4.79 Å². The maximum Gasteiger partial charge on any atom is 0.257 e. The van der Waals surface area contributed by atoms with Crippen LogP contribution in [0.3, 0.4) is 0 Å². The van der Waals surface area contributed by atoms with Crippen molar-refractivity contribution in [3.63, 3.8) is 0 Å². The third kappa shape index (κ3) is 3.38. The molecule has 4 rings (SSSR count). The Balaban J connectivity index is 1.47. The molecule has 3 aromatic rings. The minimum atomic E-state index is -0.210. The van der Waals surface area contributed by atoms with Gasteiger partial charge in [-0.25, -0.2) is 4.68 Å². The number of rotatable bonds is 4. The van der Waals surface area contributed by atoms with Crippen molar-refractivity contribution < 1.29 is 14.3 Å². The Morgan fingerprint density at radius 3 is 2.63 bits per heavy atom. The van der Waals surface area contributed by atoms with Crippen molar-refractivity contribution in [3.8, 4) is 17.2 Å². The van der Waals surface area contributed by atoms with E-state index in [1.807, 2.05) is 61.5 Å². The minimum Gasteiger partial charge on any atom is -0.486 e. The summed E-state index contributed by atoms with van der Waals surface area (Å²) in [5.41, 5.74) is 2.32. The average molecular weight is 363 g/mol. The van der Waals surface area contributed by atoms with E-state index >= 15 is 0 Å². The van der Waals surface area contributed by atoms with E-state index in [0.717, 1.165) is 17.1 Å². The Morgan fingerprint density at radius 1 is 1.15 bits per heavy atom. The highest BCUT2D eigenvalue weighted by atomic mass is 16.6. The quantitative estimate of drug-likeness (QED) is 0.715. The van der Waals surface area contributed by atoms with Gasteiger partial charge in [0.1, 0.15) is 6.61 Å². The lowest BCUT2D eigenvalue weighted by atomic mass is 10.2. The molecule has 1 unspecified atom stereocenters. The molecule has 6 heteroatoms. The van der Waals surface area contributed by atoms with Gasteiger partial charge in [-0.05, 0) is 31.2 Å². The molecule has 2 aromatic carbocycles. The third-order valence-electron chi connectivity index (χ3n) is 4.63. The molecule has 138 valence electrons. The van der Waals surface area contributed by atoms with Crippen LogP contribution in [-0.2, 0) is 0 Å². The molecule has 1 atom stereocenters. The van der Waals surface area contributed by atoms with Crippen molar-refractivity contribution in [2.45, 2.75) is 13.0 Å². The molecule has 0 N–H and O–H groups in total. The van der Waals surface area contributed by atoms with E-state index in [1.54, 1.807) is 22.8 Å². The van der Waals surface area contributed by atoms with Gasteiger partial charge in [0.2, 0.25) is 0 Å². The number of nitrogens with zero attached hydrogens (tertiary/aromatic N) is 3. The first-order chi connectivity index (χ1) is 13.1. The number of likely N-dealkylation sites (N-methyl/N-ethyl adjacent to an activating group) is 1. The van der Waals surface area contributed by atoms with Crippen LogP contribution < -0.4 is 9.47 Å². The summed E-state index contributed by atoms with van der Waals surface area (Å²) in [7, 11) is 1.77. The number of carbonyl (C=O) groups excluding carboxylic acids is 1. The summed E-state index contributed by atoms with van der Waals surface area (Å²) in [4.78, 5) is 14.6. The molecular weight excluding hydrogens is 342 g/mol. The highest BCUT2D eigenvalue weighted by Crippen LogP contribution is 2.31. The Hall–Kier alpha value is -3.28. The van der Waals surface area contributed by atoms with Crippen molar-refractivity contribution in [2.24, 2.45) is 0 Å². The zero-order valence-electron chi connectivity index (χ0n) is 15.3. The van der Waals surface area contributed by atoms with Gasteiger partial charge in [-0.2, -0.15) is 5.10 Å². The highest BCUT2D eigenvalue weighted by Gasteiger charge is 2.25. The van der Waals surface area contributed by atoms with Crippen LogP contribution in [0.4, 0.5) is 0 Å². The highest BCUT2D eigenvalue weighted by molar-refractivity contribution is 5.95. The lowest BCUT2D eigenvalue weighted by Crippen LogP contribution is -2.41. The molecule has 1 aromatic heterocycles. The van der Waals surface area contributed by atoms with Gasteiger partial charge in [0.15, 0.2) is 17.6 Å². The summed E-state index contributed by atoms with van der Waals surface area (Å²) in [6.45, 7) is 2.75. The molecule has 1 aliphatic heterocycles. The fourth-order valence-corrected chi connectivity index (χ4v) is 3.20. The third-order valence-corrected chi connectivity index (χ3v) is 4.63. The molecule has 0 spiro atoms. The molecule has 27 heavy (non-hydrogen) atoms. The second kappa shape index (κ2) is 7.15. The van der Waals surface area contributed by atoms with Gasteiger partial charge in [0.05, 0.1) is 29.7 Å². The number of hydrogen-bond donors (Lipinski definition) is 0. The largest absolute Gasteiger partial charge is 0.486 e. The van der Waals surface area contributed by atoms with Crippen molar-refractivity contribution in [2.75, 3.05) is 20.2 Å². The maximum absolute atomic E-state index is 12.9. The lowest BCUT2D eigenvalue weighted by Gasteiger charge is -2.29. The van der Waals surface area contributed by atoms with Crippen LogP contribution in [0.2, 0.25) is 0 Å². The zero-order valence-corrected chi connectivity index (χ0v) is 15.3. The van der Waals surface area contributed by atoms with E-state index in [1.165, 1.54) is 0 Å². The van der Waals surface area contributed by atoms with Crippen molar-refractivity contribution in [1.82, 2.24) is 14.7 Å². The van der Waals surface area contributed by atoms with Gasteiger partial charge in [-0.3, -0.25) is 4.79 Å². The second-order valence-corrected chi connectivity index (χ2v) is 6.57. The van der Waals surface area contributed by atoms with Crippen LogP contribution in [-0.4, -0.2) is 46.9 Å². The number of benzene rings is 2. The number of carbonyl (C=O) groups is 1. The fraction of sp³-hybridized carbons (Fsp3) is 0.238. The standard InChI is InChI=1S/C21H21N3O3/c1-15-18(12-22-24(15)16-8-4-3-5-9-16)21(25)23(2)13-17-14-26-19-10-6-7-11-20(19)27-17/h3-12,17H,13-14H2,1-2H3. The van der Waals surface area contributed by atoms with E-state index in [-0.39, 0.29) is 12.0 Å². The number of aromatic nitrogens is 2. The Labute approximate surface area is 157 Å². The second-order valence-electron chi connectivity index (χ2n) is 6.57. The summed E-state index contributed by atoms with van der Waals surface area (Å²) in [6.07, 6.45) is 1.41. The van der Waals surface area contributed by atoms with Gasteiger partial charge in [0.25, 0.3) is 5.91 Å². The molecule has 2 heterocycles. The first kappa shape index (κ1) is 17.1. The Kier molecular flexibility index (Phi) is 4.54. The normalized spacial score (nSPS) is 15.4. The van der Waals surface area contributed by atoms with E-state index in [2.05, 4.69) is 5.10 Å². The van der Waals surface area contributed by atoms with Crippen molar-refractivity contribution >= 4 is 5.91 Å². The SMILES string of the molecule is Cc1c(C(=O)N(C)CC2COc3ccccc3O2)cnn1-c1ccccc1. The molecule has 6 nitrogen and oxygen atoms in total. The lowest BCUT2D eigenvalue weighted by molar-refractivity contribution is 0.0520. The number of amides is 1. The summed E-state index contributed by atoms with van der Waals surface area (Å²) < 4.78 is 13.5. The minimum absolute atomic E-state index is 0.0860. The van der Waals surface area contributed by atoms with Gasteiger partial charge in [-0.1, -0.05) is 30.3 Å². The van der Waals surface area contributed by atoms with Crippen LogP contribution in [0, 0.1) is 6.92 Å². The molecule has 0 radical (unpaired) electrons. The summed E-state index contributed by atoms with van der Waals surface area (Å²) in [5.74, 6) is 1.36. The maximum atomic E-state index is 12.9. The van der Waals surface area contributed by atoms with Gasteiger partial charge in [-0.15, -0.1) is 0 Å². The smallest absolute Gasteiger partial charge is 0.257 e.